The molecule has 1 saturated heterocycles. The molecule has 1 heterocycles. The molecule has 0 atom stereocenters. The number of morpholine rings is 1. The lowest BCUT2D eigenvalue weighted by molar-refractivity contribution is 0.0471. The Morgan fingerprint density at radius 2 is 1.61 bits per heavy atom. The molecule has 2 aromatic carbocycles. The fourth-order valence-corrected chi connectivity index (χ4v) is 4.61. The van der Waals surface area contributed by atoms with Gasteiger partial charge in [0.25, 0.3) is 0 Å². The molecule has 2 aromatic rings. The number of benzene rings is 2. The minimum atomic E-state index is -3.87. The van der Waals surface area contributed by atoms with Crippen LogP contribution >= 0.6 is 0 Å². The number of sulfonamides is 1. The minimum absolute atomic E-state index is 0.0438. The Morgan fingerprint density at radius 1 is 0.968 bits per heavy atom. The molecule has 31 heavy (non-hydrogen) atoms. The minimum Gasteiger partial charge on any atom is -0.495 e. The van der Waals surface area contributed by atoms with Crippen LogP contribution in [0.1, 0.15) is 26.3 Å². The second-order valence-corrected chi connectivity index (χ2v) is 8.55. The summed E-state index contributed by atoms with van der Waals surface area (Å²) >= 11 is 0. The van der Waals surface area contributed by atoms with E-state index in [1.807, 2.05) is 0 Å². The largest absolute Gasteiger partial charge is 0.495 e. The van der Waals surface area contributed by atoms with E-state index in [2.05, 4.69) is 4.74 Å². The zero-order valence-corrected chi connectivity index (χ0v) is 18.0. The fourth-order valence-electron chi connectivity index (χ4n) is 3.02. The van der Waals surface area contributed by atoms with Crippen LogP contribution in [-0.2, 0) is 30.8 Å². The van der Waals surface area contributed by atoms with Gasteiger partial charge in [-0.15, -0.1) is 0 Å². The summed E-state index contributed by atoms with van der Waals surface area (Å²) in [6.07, 6.45) is 0. The van der Waals surface area contributed by atoms with Crippen LogP contribution in [0.15, 0.2) is 47.4 Å². The first kappa shape index (κ1) is 22.7. The lowest BCUT2D eigenvalue weighted by Gasteiger charge is -2.26. The van der Waals surface area contributed by atoms with E-state index < -0.39 is 22.0 Å². The molecular weight excluding hydrogens is 426 g/mol. The molecule has 0 amide bonds. The standard InChI is InChI=1S/C21H23NO8S/c1-27-18-8-7-17(13-19(18)31(25,26)22-9-11-29-12-10-22)21(24)30-14-15-3-5-16(6-4-15)20(23)28-2/h3-8,13H,9-12,14H2,1-2H3. The Bertz CT molecular complexity index is 1040. The summed E-state index contributed by atoms with van der Waals surface area (Å²) in [7, 11) is -1.21. The summed E-state index contributed by atoms with van der Waals surface area (Å²) in [5, 5.41) is 0. The van der Waals surface area contributed by atoms with Gasteiger partial charge in [0.1, 0.15) is 17.3 Å². The van der Waals surface area contributed by atoms with Crippen molar-refractivity contribution >= 4 is 22.0 Å². The van der Waals surface area contributed by atoms with Crippen molar-refractivity contribution in [1.29, 1.82) is 0 Å². The van der Waals surface area contributed by atoms with Gasteiger partial charge in [-0.3, -0.25) is 0 Å². The third kappa shape index (κ3) is 5.22. The third-order valence-electron chi connectivity index (χ3n) is 4.73. The maximum atomic E-state index is 13.0. The quantitative estimate of drug-likeness (QED) is 0.590. The van der Waals surface area contributed by atoms with Crippen LogP contribution in [0.25, 0.3) is 0 Å². The molecule has 0 radical (unpaired) electrons. The normalized spacial score (nSPS) is 14.6. The number of rotatable bonds is 7. The van der Waals surface area contributed by atoms with E-state index >= 15 is 0 Å². The zero-order chi connectivity index (χ0) is 22.4. The molecule has 10 heteroatoms. The number of hydrogen-bond acceptors (Lipinski definition) is 8. The molecule has 1 fully saturated rings. The monoisotopic (exact) mass is 449 g/mol. The molecule has 0 aromatic heterocycles. The molecule has 1 aliphatic rings. The molecule has 0 unspecified atom stereocenters. The Kier molecular flexibility index (Phi) is 7.26. The van der Waals surface area contributed by atoms with Crippen LogP contribution in [0.5, 0.6) is 5.75 Å². The van der Waals surface area contributed by atoms with Crippen LogP contribution in [-0.4, -0.2) is 65.2 Å². The maximum Gasteiger partial charge on any atom is 0.338 e. The van der Waals surface area contributed by atoms with Crippen molar-refractivity contribution in [1.82, 2.24) is 4.31 Å². The number of carbonyl (C=O) groups is 2. The topological polar surface area (TPSA) is 108 Å². The average molecular weight is 449 g/mol. The summed E-state index contributed by atoms with van der Waals surface area (Å²) in [5.41, 5.74) is 1.13. The molecule has 1 aliphatic heterocycles. The number of methoxy groups -OCH3 is 2. The van der Waals surface area contributed by atoms with Crippen molar-refractivity contribution in [3.8, 4) is 5.75 Å². The van der Waals surface area contributed by atoms with Crippen LogP contribution in [0.4, 0.5) is 0 Å². The summed E-state index contributed by atoms with van der Waals surface area (Å²) in [6.45, 7) is 1.01. The first-order valence-electron chi connectivity index (χ1n) is 9.47. The van der Waals surface area contributed by atoms with Gasteiger partial charge in [0.05, 0.1) is 38.6 Å². The van der Waals surface area contributed by atoms with Crippen LogP contribution < -0.4 is 4.74 Å². The predicted molar refractivity (Wildman–Crippen MR) is 109 cm³/mol. The highest BCUT2D eigenvalue weighted by atomic mass is 32.2. The summed E-state index contributed by atoms with van der Waals surface area (Å²) < 4.78 is 47.7. The number of esters is 2. The van der Waals surface area contributed by atoms with Crippen LogP contribution in [0, 0.1) is 0 Å². The van der Waals surface area contributed by atoms with E-state index in [1.165, 1.54) is 36.7 Å². The first-order valence-corrected chi connectivity index (χ1v) is 10.9. The second kappa shape index (κ2) is 9.90. The maximum absolute atomic E-state index is 13.0. The second-order valence-electron chi connectivity index (χ2n) is 6.65. The number of nitrogens with zero attached hydrogens (tertiary/aromatic N) is 1. The van der Waals surface area contributed by atoms with E-state index in [1.54, 1.807) is 24.3 Å². The van der Waals surface area contributed by atoms with Crippen molar-refractivity contribution in [3.05, 3.63) is 59.2 Å². The molecule has 0 aliphatic carbocycles. The van der Waals surface area contributed by atoms with Gasteiger partial charge in [-0.25, -0.2) is 18.0 Å². The van der Waals surface area contributed by atoms with Crippen molar-refractivity contribution in [2.24, 2.45) is 0 Å². The van der Waals surface area contributed by atoms with E-state index in [-0.39, 0.29) is 35.9 Å². The highest BCUT2D eigenvalue weighted by Gasteiger charge is 2.30. The predicted octanol–water partition coefficient (Wildman–Crippen LogP) is 1.86. The molecule has 0 N–H and O–H groups in total. The summed E-state index contributed by atoms with van der Waals surface area (Å²) in [6, 6.07) is 10.5. The van der Waals surface area contributed by atoms with Crippen LogP contribution in [0.3, 0.4) is 0 Å². The number of ether oxygens (including phenoxy) is 4. The Hall–Kier alpha value is -2.95. The smallest absolute Gasteiger partial charge is 0.338 e. The molecule has 0 saturated carbocycles. The Morgan fingerprint density at radius 3 is 2.23 bits per heavy atom. The van der Waals surface area contributed by atoms with E-state index in [4.69, 9.17) is 14.2 Å². The van der Waals surface area contributed by atoms with E-state index in [0.29, 0.717) is 24.3 Å². The molecule has 0 bridgehead atoms. The highest BCUT2D eigenvalue weighted by molar-refractivity contribution is 7.89. The van der Waals surface area contributed by atoms with Gasteiger partial charge in [0.2, 0.25) is 10.0 Å². The van der Waals surface area contributed by atoms with Crippen molar-refractivity contribution in [2.75, 3.05) is 40.5 Å². The molecule has 166 valence electrons. The summed E-state index contributed by atoms with van der Waals surface area (Å²) in [4.78, 5) is 23.9. The average Bonchev–Trinajstić information content (AvgIpc) is 2.82. The zero-order valence-electron chi connectivity index (χ0n) is 17.2. The molecule has 0 spiro atoms. The highest BCUT2D eigenvalue weighted by Crippen LogP contribution is 2.28. The molecule has 3 rings (SSSR count). The van der Waals surface area contributed by atoms with Gasteiger partial charge in [0, 0.05) is 13.1 Å². The third-order valence-corrected chi connectivity index (χ3v) is 6.65. The van der Waals surface area contributed by atoms with Gasteiger partial charge in [0.15, 0.2) is 0 Å². The summed E-state index contributed by atoms with van der Waals surface area (Å²) in [5.74, 6) is -1.00. The number of hydrogen-bond donors (Lipinski definition) is 0. The SMILES string of the molecule is COC(=O)c1ccc(COC(=O)c2ccc(OC)c(S(=O)(=O)N3CCOCC3)c2)cc1. The van der Waals surface area contributed by atoms with Crippen molar-refractivity contribution in [2.45, 2.75) is 11.5 Å². The Balaban J connectivity index is 1.75. The lowest BCUT2D eigenvalue weighted by Crippen LogP contribution is -2.40. The fraction of sp³-hybridized carbons (Fsp3) is 0.333. The molecule has 9 nitrogen and oxygen atoms in total. The van der Waals surface area contributed by atoms with E-state index in [0.717, 1.165) is 0 Å². The van der Waals surface area contributed by atoms with Gasteiger partial charge in [-0.05, 0) is 35.9 Å². The van der Waals surface area contributed by atoms with Gasteiger partial charge < -0.3 is 18.9 Å². The Labute approximate surface area is 180 Å². The lowest BCUT2D eigenvalue weighted by atomic mass is 10.1. The van der Waals surface area contributed by atoms with Crippen molar-refractivity contribution in [3.63, 3.8) is 0 Å². The van der Waals surface area contributed by atoms with E-state index in [9.17, 15) is 18.0 Å². The van der Waals surface area contributed by atoms with Crippen LogP contribution in [0.2, 0.25) is 0 Å². The first-order chi connectivity index (χ1) is 14.9. The van der Waals surface area contributed by atoms with Gasteiger partial charge in [-0.1, -0.05) is 12.1 Å². The molecular formula is C21H23NO8S. The number of carbonyl (C=O) groups excluding carboxylic acids is 2. The van der Waals surface area contributed by atoms with Gasteiger partial charge >= 0.3 is 11.9 Å². The van der Waals surface area contributed by atoms with Crippen molar-refractivity contribution < 1.29 is 37.0 Å². The van der Waals surface area contributed by atoms with Gasteiger partial charge in [-0.2, -0.15) is 4.31 Å².